The summed E-state index contributed by atoms with van der Waals surface area (Å²) < 4.78 is 4.72. The van der Waals surface area contributed by atoms with E-state index in [0.717, 1.165) is 19.3 Å². The van der Waals surface area contributed by atoms with Gasteiger partial charge in [0, 0.05) is 25.7 Å². The van der Waals surface area contributed by atoms with Crippen LogP contribution in [0.2, 0.25) is 0 Å². The smallest absolute Gasteiger partial charge is 0.409 e. The molecule has 1 aliphatic heterocycles. The topological polar surface area (TPSA) is 70.7 Å². The number of urea groups is 1. The predicted octanol–water partition coefficient (Wildman–Crippen LogP) is 2.91. The molecule has 6 heteroatoms. The Kier molecular flexibility index (Phi) is 5.94. The van der Waals surface area contributed by atoms with Gasteiger partial charge in [-0.1, -0.05) is 42.5 Å². The molecule has 2 N–H and O–H groups in total. The van der Waals surface area contributed by atoms with Gasteiger partial charge in [0.1, 0.15) is 0 Å². The van der Waals surface area contributed by atoms with Gasteiger partial charge in [-0.3, -0.25) is 0 Å². The molecule has 0 saturated carbocycles. The standard InChI is InChI=1S/C20H25N3O3/c1-26-20(25)23-12-9-18(10-13-23)22-19(24)21-11-8-15-6-7-16-4-2-3-5-17(16)14-15/h2-7,14,18H,8-13H2,1H3,(H2,21,22,24). The van der Waals surface area contributed by atoms with Crippen molar-refractivity contribution in [2.24, 2.45) is 0 Å². The second-order valence-corrected chi connectivity index (χ2v) is 6.56. The first kappa shape index (κ1) is 18.0. The molecule has 1 saturated heterocycles. The second-order valence-electron chi connectivity index (χ2n) is 6.56. The van der Waals surface area contributed by atoms with E-state index in [9.17, 15) is 9.59 Å². The first-order chi connectivity index (χ1) is 12.7. The molecule has 138 valence electrons. The maximum absolute atomic E-state index is 12.1. The molecule has 0 aromatic heterocycles. The van der Waals surface area contributed by atoms with Gasteiger partial charge in [0.05, 0.1) is 7.11 Å². The quantitative estimate of drug-likeness (QED) is 0.886. The average Bonchev–Trinajstić information content (AvgIpc) is 2.68. The zero-order chi connectivity index (χ0) is 18.4. The molecule has 1 heterocycles. The number of likely N-dealkylation sites (tertiary alicyclic amines) is 1. The number of carbonyl (C=O) groups is 2. The summed E-state index contributed by atoms with van der Waals surface area (Å²) in [5.41, 5.74) is 1.20. The molecule has 3 amide bonds. The van der Waals surface area contributed by atoms with Crippen LogP contribution in [0.4, 0.5) is 9.59 Å². The number of methoxy groups -OCH3 is 1. The average molecular weight is 355 g/mol. The van der Waals surface area contributed by atoms with E-state index in [-0.39, 0.29) is 18.2 Å². The maximum Gasteiger partial charge on any atom is 0.409 e. The summed E-state index contributed by atoms with van der Waals surface area (Å²) in [5.74, 6) is 0. The van der Waals surface area contributed by atoms with Gasteiger partial charge in [-0.2, -0.15) is 0 Å². The minimum Gasteiger partial charge on any atom is -0.453 e. The van der Waals surface area contributed by atoms with Crippen molar-refractivity contribution in [3.63, 3.8) is 0 Å². The van der Waals surface area contributed by atoms with Gasteiger partial charge >= 0.3 is 12.1 Å². The highest BCUT2D eigenvalue weighted by Gasteiger charge is 2.23. The summed E-state index contributed by atoms with van der Waals surface area (Å²) in [6, 6.07) is 14.6. The molecule has 0 spiro atoms. The Labute approximate surface area is 153 Å². The van der Waals surface area contributed by atoms with Gasteiger partial charge in [0.2, 0.25) is 0 Å². The van der Waals surface area contributed by atoms with Crippen LogP contribution in [-0.4, -0.2) is 49.8 Å². The van der Waals surface area contributed by atoms with Crippen LogP contribution in [0.3, 0.4) is 0 Å². The van der Waals surface area contributed by atoms with E-state index < -0.39 is 0 Å². The van der Waals surface area contributed by atoms with Crippen LogP contribution in [0.5, 0.6) is 0 Å². The molecular formula is C20H25N3O3. The first-order valence-electron chi connectivity index (χ1n) is 9.00. The monoisotopic (exact) mass is 355 g/mol. The summed E-state index contributed by atoms with van der Waals surface area (Å²) in [6.45, 7) is 1.80. The summed E-state index contributed by atoms with van der Waals surface area (Å²) in [7, 11) is 1.38. The molecule has 3 rings (SSSR count). The highest BCUT2D eigenvalue weighted by molar-refractivity contribution is 5.83. The largest absolute Gasteiger partial charge is 0.453 e. The van der Waals surface area contributed by atoms with Gasteiger partial charge in [0.25, 0.3) is 0 Å². The van der Waals surface area contributed by atoms with E-state index in [2.05, 4.69) is 41.0 Å². The Morgan fingerprint density at radius 3 is 2.58 bits per heavy atom. The van der Waals surface area contributed by atoms with E-state index in [4.69, 9.17) is 4.74 Å². The molecule has 26 heavy (non-hydrogen) atoms. The van der Waals surface area contributed by atoms with Crippen molar-refractivity contribution in [2.45, 2.75) is 25.3 Å². The molecule has 0 aliphatic carbocycles. The van der Waals surface area contributed by atoms with E-state index in [1.165, 1.54) is 23.4 Å². The van der Waals surface area contributed by atoms with Crippen molar-refractivity contribution in [2.75, 3.05) is 26.7 Å². The number of rotatable bonds is 4. The fourth-order valence-corrected chi connectivity index (χ4v) is 3.29. The number of carbonyl (C=O) groups excluding carboxylic acids is 2. The molecule has 2 aromatic rings. The number of piperidine rings is 1. The van der Waals surface area contributed by atoms with E-state index >= 15 is 0 Å². The van der Waals surface area contributed by atoms with Gasteiger partial charge in [-0.05, 0) is 35.6 Å². The molecule has 0 unspecified atom stereocenters. The number of nitrogens with zero attached hydrogens (tertiary/aromatic N) is 1. The van der Waals surface area contributed by atoms with Crippen LogP contribution in [-0.2, 0) is 11.2 Å². The zero-order valence-corrected chi connectivity index (χ0v) is 15.0. The third kappa shape index (κ3) is 4.65. The molecule has 6 nitrogen and oxygen atoms in total. The van der Waals surface area contributed by atoms with Gasteiger partial charge < -0.3 is 20.3 Å². The molecule has 0 bridgehead atoms. The molecular weight excluding hydrogens is 330 g/mol. The number of fused-ring (bicyclic) bond motifs is 1. The van der Waals surface area contributed by atoms with Crippen LogP contribution in [0, 0.1) is 0 Å². The normalized spacial score (nSPS) is 14.9. The van der Waals surface area contributed by atoms with Crippen LogP contribution >= 0.6 is 0 Å². The molecule has 2 aromatic carbocycles. The fraction of sp³-hybridized carbons (Fsp3) is 0.400. The number of nitrogens with one attached hydrogen (secondary N) is 2. The van der Waals surface area contributed by atoms with Crippen molar-refractivity contribution < 1.29 is 14.3 Å². The van der Waals surface area contributed by atoms with Crippen LogP contribution < -0.4 is 10.6 Å². The lowest BCUT2D eigenvalue weighted by atomic mass is 10.1. The van der Waals surface area contributed by atoms with Crippen molar-refractivity contribution in [1.29, 1.82) is 0 Å². The predicted molar refractivity (Wildman–Crippen MR) is 101 cm³/mol. The zero-order valence-electron chi connectivity index (χ0n) is 15.0. The molecule has 0 radical (unpaired) electrons. The van der Waals surface area contributed by atoms with Gasteiger partial charge in [0.15, 0.2) is 0 Å². The Bertz CT molecular complexity index is 770. The fourth-order valence-electron chi connectivity index (χ4n) is 3.29. The van der Waals surface area contributed by atoms with Crippen molar-refractivity contribution in [3.8, 4) is 0 Å². The number of hydrogen-bond donors (Lipinski definition) is 2. The Morgan fingerprint density at radius 2 is 1.85 bits per heavy atom. The van der Waals surface area contributed by atoms with Crippen molar-refractivity contribution in [3.05, 3.63) is 48.0 Å². The number of hydrogen-bond acceptors (Lipinski definition) is 3. The highest BCUT2D eigenvalue weighted by Crippen LogP contribution is 2.15. The van der Waals surface area contributed by atoms with Crippen LogP contribution in [0.1, 0.15) is 18.4 Å². The Morgan fingerprint density at radius 1 is 1.12 bits per heavy atom. The van der Waals surface area contributed by atoms with Crippen molar-refractivity contribution in [1.82, 2.24) is 15.5 Å². The second kappa shape index (κ2) is 8.56. The summed E-state index contributed by atoms with van der Waals surface area (Å²) in [6.07, 6.45) is 1.97. The summed E-state index contributed by atoms with van der Waals surface area (Å²) in [5, 5.41) is 8.34. The minimum atomic E-state index is -0.303. The minimum absolute atomic E-state index is 0.0941. The van der Waals surface area contributed by atoms with Crippen molar-refractivity contribution >= 4 is 22.9 Å². The van der Waals surface area contributed by atoms with E-state index in [1.54, 1.807) is 4.90 Å². The van der Waals surface area contributed by atoms with Crippen LogP contribution in [0.15, 0.2) is 42.5 Å². The summed E-state index contributed by atoms with van der Waals surface area (Å²) >= 11 is 0. The SMILES string of the molecule is COC(=O)N1CCC(NC(=O)NCCc2ccc3ccccc3c2)CC1. The van der Waals surface area contributed by atoms with E-state index in [0.29, 0.717) is 19.6 Å². The van der Waals surface area contributed by atoms with Gasteiger partial charge in [-0.15, -0.1) is 0 Å². The summed E-state index contributed by atoms with van der Waals surface area (Å²) in [4.78, 5) is 25.2. The lowest BCUT2D eigenvalue weighted by molar-refractivity contribution is 0.110. The Hall–Kier alpha value is -2.76. The third-order valence-corrected chi connectivity index (χ3v) is 4.78. The van der Waals surface area contributed by atoms with E-state index in [1.807, 2.05) is 12.1 Å². The maximum atomic E-state index is 12.1. The first-order valence-corrected chi connectivity index (χ1v) is 9.00. The molecule has 1 fully saturated rings. The lowest BCUT2D eigenvalue weighted by Crippen LogP contribution is -2.49. The van der Waals surface area contributed by atoms with Gasteiger partial charge in [-0.25, -0.2) is 9.59 Å². The third-order valence-electron chi connectivity index (χ3n) is 4.78. The van der Waals surface area contributed by atoms with Crippen LogP contribution in [0.25, 0.3) is 10.8 Å². The molecule has 1 aliphatic rings. The molecule has 0 atom stereocenters. The lowest BCUT2D eigenvalue weighted by Gasteiger charge is -2.31. The highest BCUT2D eigenvalue weighted by atomic mass is 16.5. The number of benzene rings is 2. The number of amides is 3. The Balaban J connectivity index is 1.39. The number of ether oxygens (including phenoxy) is 1.